The van der Waals surface area contributed by atoms with E-state index < -0.39 is 0 Å². The van der Waals surface area contributed by atoms with Gasteiger partial charge in [0.25, 0.3) is 5.91 Å². The van der Waals surface area contributed by atoms with E-state index in [0.29, 0.717) is 23.8 Å². The Morgan fingerprint density at radius 1 is 1.32 bits per heavy atom. The molecule has 132 valence electrons. The number of piperidine rings is 1. The van der Waals surface area contributed by atoms with Crippen molar-refractivity contribution >= 4 is 17.5 Å². The quantitative estimate of drug-likeness (QED) is 0.863. The van der Waals surface area contributed by atoms with Crippen molar-refractivity contribution in [1.29, 1.82) is 0 Å². The highest BCUT2D eigenvalue weighted by Gasteiger charge is 2.29. The Bertz CT molecular complexity index is 798. The Balaban J connectivity index is 1.46. The van der Waals surface area contributed by atoms with E-state index >= 15 is 0 Å². The van der Waals surface area contributed by atoms with Crippen molar-refractivity contribution < 1.29 is 9.18 Å². The molecule has 25 heavy (non-hydrogen) atoms. The van der Waals surface area contributed by atoms with Crippen LogP contribution in [-0.2, 0) is 13.0 Å². The number of aromatic nitrogens is 2. The number of halogens is 2. The van der Waals surface area contributed by atoms with Crippen LogP contribution in [0.5, 0.6) is 0 Å². The average molecular weight is 363 g/mol. The predicted molar refractivity (Wildman–Crippen MR) is 93.3 cm³/mol. The largest absolute Gasteiger partial charge is 0.337 e. The van der Waals surface area contributed by atoms with Crippen molar-refractivity contribution in [2.45, 2.75) is 31.7 Å². The van der Waals surface area contributed by atoms with Crippen LogP contribution in [0.2, 0.25) is 5.02 Å². The van der Waals surface area contributed by atoms with Gasteiger partial charge in [0, 0.05) is 30.2 Å². The lowest BCUT2D eigenvalue weighted by molar-refractivity contribution is 0.0705. The maximum Gasteiger partial charge on any atom is 0.274 e. The van der Waals surface area contributed by atoms with E-state index in [-0.39, 0.29) is 17.6 Å². The third kappa shape index (κ3) is 3.16. The van der Waals surface area contributed by atoms with Crippen molar-refractivity contribution in [2.24, 2.45) is 0 Å². The van der Waals surface area contributed by atoms with E-state index in [9.17, 15) is 9.18 Å². The fraction of sp³-hybridized carbons (Fsp3) is 0.444. The van der Waals surface area contributed by atoms with Crippen molar-refractivity contribution in [2.75, 3.05) is 19.6 Å². The van der Waals surface area contributed by atoms with Gasteiger partial charge in [0.2, 0.25) is 0 Å². The first-order valence-corrected chi connectivity index (χ1v) is 9.02. The fourth-order valence-electron chi connectivity index (χ4n) is 3.79. The molecule has 0 bridgehead atoms. The molecule has 1 aromatic carbocycles. The number of rotatable bonds is 2. The number of carbonyl (C=O) groups excluding carboxylic acids is 1. The van der Waals surface area contributed by atoms with Crippen LogP contribution in [0.4, 0.5) is 4.39 Å². The van der Waals surface area contributed by atoms with Crippen molar-refractivity contribution in [3.8, 4) is 0 Å². The zero-order valence-corrected chi connectivity index (χ0v) is 14.6. The summed E-state index contributed by atoms with van der Waals surface area (Å²) in [4.78, 5) is 14.7. The summed E-state index contributed by atoms with van der Waals surface area (Å²) in [5.74, 6) is -0.0950. The van der Waals surface area contributed by atoms with Gasteiger partial charge in [-0.05, 0) is 55.5 Å². The van der Waals surface area contributed by atoms with Gasteiger partial charge in [0.1, 0.15) is 5.82 Å². The highest BCUT2D eigenvalue weighted by Crippen LogP contribution is 2.33. The van der Waals surface area contributed by atoms with E-state index in [0.717, 1.165) is 49.2 Å². The van der Waals surface area contributed by atoms with Crippen LogP contribution >= 0.6 is 11.6 Å². The van der Waals surface area contributed by atoms with Gasteiger partial charge < -0.3 is 10.2 Å². The summed E-state index contributed by atoms with van der Waals surface area (Å²) < 4.78 is 13.5. The summed E-state index contributed by atoms with van der Waals surface area (Å²) in [7, 11) is 0. The van der Waals surface area contributed by atoms with Gasteiger partial charge in [-0.15, -0.1) is 0 Å². The molecule has 1 aromatic heterocycles. The smallest absolute Gasteiger partial charge is 0.274 e. The average Bonchev–Trinajstić information content (AvgIpc) is 3.07. The molecule has 7 heteroatoms. The van der Waals surface area contributed by atoms with Crippen molar-refractivity contribution in [3.05, 3.63) is 51.6 Å². The third-order valence-electron chi connectivity index (χ3n) is 5.19. The van der Waals surface area contributed by atoms with E-state index in [1.54, 1.807) is 6.07 Å². The molecule has 0 unspecified atom stereocenters. The van der Waals surface area contributed by atoms with Crippen LogP contribution in [-0.4, -0.2) is 40.6 Å². The first kappa shape index (κ1) is 16.5. The van der Waals surface area contributed by atoms with Gasteiger partial charge in [-0.25, -0.2) is 4.39 Å². The number of H-pyrrole nitrogens is 1. The minimum Gasteiger partial charge on any atom is -0.337 e. The zero-order valence-electron chi connectivity index (χ0n) is 13.8. The first-order valence-electron chi connectivity index (χ1n) is 8.64. The van der Waals surface area contributed by atoms with Gasteiger partial charge in [0.15, 0.2) is 5.69 Å². The lowest BCUT2D eigenvalue weighted by atomic mass is 9.89. The summed E-state index contributed by atoms with van der Waals surface area (Å²) in [6, 6.07) is 4.50. The molecular weight excluding hydrogens is 343 g/mol. The monoisotopic (exact) mass is 362 g/mol. The predicted octanol–water partition coefficient (Wildman–Crippen LogP) is 2.87. The molecule has 1 fully saturated rings. The highest BCUT2D eigenvalue weighted by atomic mass is 35.5. The van der Waals surface area contributed by atoms with Crippen LogP contribution in [0, 0.1) is 5.82 Å². The number of benzene rings is 1. The maximum atomic E-state index is 13.5. The molecule has 0 radical (unpaired) electrons. The standard InChI is InChI=1S/C18H20ClFN4O/c19-15-2-1-12(20)9-14(15)11-4-7-24(8-5-11)18(25)17-13-3-6-21-10-16(13)22-23-17/h1-2,9,11,21H,3-8,10H2,(H,22,23). The lowest BCUT2D eigenvalue weighted by Crippen LogP contribution is -2.39. The number of hydrogen-bond donors (Lipinski definition) is 2. The molecule has 4 rings (SSSR count). The molecule has 2 N–H and O–H groups in total. The highest BCUT2D eigenvalue weighted by molar-refractivity contribution is 6.31. The second-order valence-corrected chi connectivity index (χ2v) is 7.10. The minimum absolute atomic E-state index is 0.0109. The number of aromatic amines is 1. The van der Waals surface area contributed by atoms with Gasteiger partial charge >= 0.3 is 0 Å². The SMILES string of the molecule is O=C(c1n[nH]c2c1CCNC2)N1CCC(c2cc(F)ccc2Cl)CC1. The molecular formula is C18H20ClFN4O. The molecule has 0 aliphatic carbocycles. The lowest BCUT2D eigenvalue weighted by Gasteiger charge is -2.32. The van der Waals surface area contributed by atoms with E-state index in [2.05, 4.69) is 15.5 Å². The van der Waals surface area contributed by atoms with E-state index in [1.165, 1.54) is 12.1 Å². The summed E-state index contributed by atoms with van der Waals surface area (Å²) in [6.07, 6.45) is 2.38. The van der Waals surface area contributed by atoms with Gasteiger partial charge in [-0.3, -0.25) is 9.89 Å². The Morgan fingerprint density at radius 3 is 2.92 bits per heavy atom. The summed E-state index contributed by atoms with van der Waals surface area (Å²) >= 11 is 6.22. The zero-order chi connectivity index (χ0) is 17.4. The topological polar surface area (TPSA) is 61.0 Å². The van der Waals surface area contributed by atoms with Crippen molar-refractivity contribution in [1.82, 2.24) is 20.4 Å². The van der Waals surface area contributed by atoms with E-state index in [4.69, 9.17) is 11.6 Å². The second kappa shape index (κ2) is 6.77. The fourth-order valence-corrected chi connectivity index (χ4v) is 4.06. The number of fused-ring (bicyclic) bond motifs is 1. The normalized spacial score (nSPS) is 18.2. The van der Waals surface area contributed by atoms with Crippen LogP contribution in [0.25, 0.3) is 0 Å². The summed E-state index contributed by atoms with van der Waals surface area (Å²) in [6.45, 7) is 2.87. The van der Waals surface area contributed by atoms with E-state index in [1.807, 2.05) is 4.90 Å². The molecule has 0 atom stereocenters. The Kier molecular flexibility index (Phi) is 4.48. The molecule has 2 aliphatic heterocycles. The molecule has 2 aromatic rings. The number of amides is 1. The number of hydrogen-bond acceptors (Lipinski definition) is 3. The molecule has 0 spiro atoms. The summed E-state index contributed by atoms with van der Waals surface area (Å²) in [5.41, 5.74) is 3.45. The number of carbonyl (C=O) groups is 1. The number of nitrogens with zero attached hydrogens (tertiary/aromatic N) is 2. The van der Waals surface area contributed by atoms with Gasteiger partial charge in [0.05, 0.1) is 5.69 Å². The van der Waals surface area contributed by atoms with Crippen molar-refractivity contribution in [3.63, 3.8) is 0 Å². The Labute approximate surface area is 150 Å². The minimum atomic E-state index is -0.269. The molecule has 5 nitrogen and oxygen atoms in total. The second-order valence-electron chi connectivity index (χ2n) is 6.69. The molecule has 0 saturated carbocycles. The molecule has 3 heterocycles. The third-order valence-corrected chi connectivity index (χ3v) is 5.53. The van der Waals surface area contributed by atoms with Crippen LogP contribution < -0.4 is 5.32 Å². The summed E-state index contributed by atoms with van der Waals surface area (Å²) in [5, 5.41) is 11.1. The number of likely N-dealkylation sites (tertiary alicyclic amines) is 1. The molecule has 2 aliphatic rings. The molecule has 1 amide bonds. The maximum absolute atomic E-state index is 13.5. The Hall–Kier alpha value is -1.92. The van der Waals surface area contributed by atoms with Crippen LogP contribution in [0.15, 0.2) is 18.2 Å². The first-order chi connectivity index (χ1) is 12.1. The number of nitrogens with one attached hydrogen (secondary N) is 2. The Morgan fingerprint density at radius 2 is 2.12 bits per heavy atom. The molecule has 1 saturated heterocycles. The van der Waals surface area contributed by atoms with Gasteiger partial charge in [-0.1, -0.05) is 11.6 Å². The van der Waals surface area contributed by atoms with Crippen LogP contribution in [0.1, 0.15) is 46.1 Å². The van der Waals surface area contributed by atoms with Crippen LogP contribution in [0.3, 0.4) is 0 Å². The van der Waals surface area contributed by atoms with Gasteiger partial charge in [-0.2, -0.15) is 5.10 Å².